The van der Waals surface area contributed by atoms with E-state index in [1.54, 1.807) is 24.4 Å². The summed E-state index contributed by atoms with van der Waals surface area (Å²) < 4.78 is 27.1. The van der Waals surface area contributed by atoms with Gasteiger partial charge in [0.2, 0.25) is 0 Å². The van der Waals surface area contributed by atoms with Gasteiger partial charge in [-0.25, -0.2) is 13.8 Å². The second-order valence-electron chi connectivity index (χ2n) is 8.96. The number of fused-ring (bicyclic) bond motifs is 2. The number of nitrogens with one attached hydrogen (secondary N) is 1. The minimum Gasteiger partial charge on any atom is -0.497 e. The highest BCUT2D eigenvalue weighted by Crippen LogP contribution is 2.34. The molecule has 3 heterocycles. The van der Waals surface area contributed by atoms with Gasteiger partial charge in [0.05, 0.1) is 43.1 Å². The van der Waals surface area contributed by atoms with Crippen LogP contribution < -0.4 is 20.9 Å². The molecule has 0 amide bonds. The first kappa shape index (κ1) is 24.1. The number of hydrogen-bond acceptors (Lipinski definition) is 6. The van der Waals surface area contributed by atoms with Gasteiger partial charge in [0.1, 0.15) is 11.6 Å². The molecule has 1 aliphatic heterocycles. The Morgan fingerprint density at radius 1 is 1.00 bits per heavy atom. The summed E-state index contributed by atoms with van der Waals surface area (Å²) in [6.45, 7) is 2.72. The molecular weight excluding hydrogens is 511 g/mol. The number of ether oxygens (including phenoxy) is 2. The molecule has 1 fully saturated rings. The monoisotopic (exact) mass is 532 g/mol. The molecule has 0 atom stereocenters. The Hall–Kier alpha value is -4.21. The second kappa shape index (κ2) is 9.59. The Morgan fingerprint density at radius 3 is 2.61 bits per heavy atom. The SMILES string of the molecule is COc1ccc(Cl)c(-c2cc3[nH]c(=O)n(-c4cncc5ccc(N6CCOCC6)cc45)c(=O)c3cc2F)c1. The summed E-state index contributed by atoms with van der Waals surface area (Å²) in [7, 11) is 1.50. The lowest BCUT2D eigenvalue weighted by molar-refractivity contribution is 0.122. The highest BCUT2D eigenvalue weighted by atomic mass is 35.5. The van der Waals surface area contributed by atoms with Gasteiger partial charge in [-0.2, -0.15) is 0 Å². The number of pyridine rings is 1. The number of aromatic nitrogens is 3. The first-order valence-corrected chi connectivity index (χ1v) is 12.4. The molecule has 0 bridgehead atoms. The van der Waals surface area contributed by atoms with Gasteiger partial charge >= 0.3 is 5.69 Å². The molecule has 1 saturated heterocycles. The van der Waals surface area contributed by atoms with E-state index in [1.165, 1.54) is 19.4 Å². The number of methoxy groups -OCH3 is 1. The number of morpholine rings is 1. The van der Waals surface area contributed by atoms with Crippen LogP contribution in [0.1, 0.15) is 0 Å². The van der Waals surface area contributed by atoms with E-state index in [0.717, 1.165) is 34.8 Å². The summed E-state index contributed by atoms with van der Waals surface area (Å²) in [5.74, 6) is -0.165. The standard InChI is InChI=1S/C28H22ClFN4O4/c1-37-18-4-5-23(29)20(11-18)21-13-25-22(12-24(21)30)27(35)34(28(36)32-25)26-15-31-14-16-2-3-17(10-19(16)26)33-6-8-38-9-7-33/h2-5,10-15H,6-9H2,1H3,(H,32,36). The molecule has 0 spiro atoms. The zero-order valence-electron chi connectivity index (χ0n) is 20.3. The summed E-state index contributed by atoms with van der Waals surface area (Å²) in [4.78, 5) is 36.1. The highest BCUT2D eigenvalue weighted by Gasteiger charge is 2.19. The molecule has 0 unspecified atom stereocenters. The van der Waals surface area contributed by atoms with Crippen LogP contribution in [0.2, 0.25) is 5.02 Å². The fourth-order valence-corrected chi connectivity index (χ4v) is 5.05. The van der Waals surface area contributed by atoms with Crippen molar-refractivity contribution in [2.75, 3.05) is 38.3 Å². The molecule has 2 aromatic heterocycles. The van der Waals surface area contributed by atoms with E-state index in [1.807, 2.05) is 18.2 Å². The maximum absolute atomic E-state index is 15.4. The highest BCUT2D eigenvalue weighted by molar-refractivity contribution is 6.33. The number of aromatic amines is 1. The van der Waals surface area contributed by atoms with E-state index in [-0.39, 0.29) is 16.5 Å². The quantitative estimate of drug-likeness (QED) is 0.366. The van der Waals surface area contributed by atoms with Crippen molar-refractivity contribution in [1.29, 1.82) is 0 Å². The van der Waals surface area contributed by atoms with Gasteiger partial charge in [-0.05, 0) is 42.5 Å². The van der Waals surface area contributed by atoms with Gasteiger partial charge in [0, 0.05) is 51.9 Å². The number of anilines is 1. The average Bonchev–Trinajstić information content (AvgIpc) is 2.94. The third-order valence-electron chi connectivity index (χ3n) is 6.79. The number of H-pyrrole nitrogens is 1. The van der Waals surface area contributed by atoms with Crippen LogP contribution in [0.4, 0.5) is 10.1 Å². The van der Waals surface area contributed by atoms with Crippen molar-refractivity contribution in [3.8, 4) is 22.6 Å². The average molecular weight is 533 g/mol. The van der Waals surface area contributed by atoms with Gasteiger partial charge in [0.25, 0.3) is 5.56 Å². The molecule has 192 valence electrons. The summed E-state index contributed by atoms with van der Waals surface area (Å²) in [5, 5.41) is 1.76. The molecular formula is C28H22ClFN4O4. The second-order valence-corrected chi connectivity index (χ2v) is 9.36. The van der Waals surface area contributed by atoms with Crippen molar-refractivity contribution in [2.24, 2.45) is 0 Å². The van der Waals surface area contributed by atoms with Gasteiger partial charge in [-0.15, -0.1) is 0 Å². The van der Waals surface area contributed by atoms with E-state index >= 15 is 4.39 Å². The Bertz CT molecular complexity index is 1830. The Labute approximate surface area is 220 Å². The molecule has 0 saturated carbocycles. The minimum absolute atomic E-state index is 0.0196. The van der Waals surface area contributed by atoms with E-state index in [4.69, 9.17) is 21.1 Å². The first-order chi connectivity index (χ1) is 18.4. The summed E-state index contributed by atoms with van der Waals surface area (Å²) >= 11 is 6.33. The van der Waals surface area contributed by atoms with Crippen LogP contribution in [0.5, 0.6) is 5.75 Å². The van der Waals surface area contributed by atoms with Crippen LogP contribution in [0.3, 0.4) is 0 Å². The third kappa shape index (κ3) is 4.09. The van der Waals surface area contributed by atoms with Gasteiger partial charge in [0.15, 0.2) is 0 Å². The van der Waals surface area contributed by atoms with Crippen molar-refractivity contribution in [3.05, 3.63) is 92.6 Å². The number of rotatable bonds is 4. The molecule has 6 rings (SSSR count). The van der Waals surface area contributed by atoms with Crippen molar-refractivity contribution >= 4 is 39.0 Å². The van der Waals surface area contributed by atoms with E-state index < -0.39 is 17.1 Å². The molecule has 5 aromatic rings. The van der Waals surface area contributed by atoms with Crippen LogP contribution in [0.25, 0.3) is 38.5 Å². The van der Waals surface area contributed by atoms with E-state index in [0.29, 0.717) is 40.6 Å². The molecule has 0 aliphatic carbocycles. The normalized spacial score (nSPS) is 13.8. The van der Waals surface area contributed by atoms with Crippen molar-refractivity contribution in [1.82, 2.24) is 14.5 Å². The third-order valence-corrected chi connectivity index (χ3v) is 7.12. The maximum Gasteiger partial charge on any atom is 0.333 e. The molecule has 8 nitrogen and oxygen atoms in total. The van der Waals surface area contributed by atoms with Gasteiger partial charge in [-0.3, -0.25) is 9.78 Å². The molecule has 10 heteroatoms. The summed E-state index contributed by atoms with van der Waals surface area (Å²) in [6.07, 6.45) is 3.14. The van der Waals surface area contributed by atoms with Crippen LogP contribution in [-0.2, 0) is 4.74 Å². The smallest absolute Gasteiger partial charge is 0.333 e. The zero-order chi connectivity index (χ0) is 26.4. The predicted molar refractivity (Wildman–Crippen MR) is 145 cm³/mol. The first-order valence-electron chi connectivity index (χ1n) is 12.0. The minimum atomic E-state index is -0.664. The zero-order valence-corrected chi connectivity index (χ0v) is 21.1. The molecule has 0 radical (unpaired) electrons. The number of benzene rings is 3. The number of halogens is 2. The predicted octanol–water partition coefficient (Wildman–Crippen LogP) is 4.53. The Balaban J connectivity index is 1.53. The Morgan fingerprint density at radius 2 is 1.82 bits per heavy atom. The topological polar surface area (TPSA) is 89.5 Å². The van der Waals surface area contributed by atoms with Gasteiger partial charge < -0.3 is 19.4 Å². The van der Waals surface area contributed by atoms with Gasteiger partial charge in [-0.1, -0.05) is 17.7 Å². The van der Waals surface area contributed by atoms with Crippen molar-refractivity contribution in [2.45, 2.75) is 0 Å². The molecule has 3 aromatic carbocycles. The molecule has 1 N–H and O–H groups in total. The van der Waals surface area contributed by atoms with E-state index in [2.05, 4.69) is 14.9 Å². The Kier molecular flexibility index (Phi) is 6.09. The lowest BCUT2D eigenvalue weighted by atomic mass is 10.0. The van der Waals surface area contributed by atoms with Crippen molar-refractivity contribution in [3.63, 3.8) is 0 Å². The molecule has 1 aliphatic rings. The fraction of sp³-hybridized carbons (Fsp3) is 0.179. The van der Waals surface area contributed by atoms with Crippen LogP contribution in [0.15, 0.2) is 70.5 Å². The van der Waals surface area contributed by atoms with Crippen LogP contribution in [0, 0.1) is 5.82 Å². The lowest BCUT2D eigenvalue weighted by Crippen LogP contribution is -2.36. The number of nitrogens with zero attached hydrogens (tertiary/aromatic N) is 3. The largest absolute Gasteiger partial charge is 0.497 e. The summed E-state index contributed by atoms with van der Waals surface area (Å²) in [5.41, 5.74) is 0.643. The van der Waals surface area contributed by atoms with Crippen LogP contribution >= 0.6 is 11.6 Å². The molecule has 38 heavy (non-hydrogen) atoms. The van der Waals surface area contributed by atoms with E-state index in [9.17, 15) is 9.59 Å². The lowest BCUT2D eigenvalue weighted by Gasteiger charge is -2.29. The summed E-state index contributed by atoms with van der Waals surface area (Å²) in [6, 6.07) is 13.2. The fourth-order valence-electron chi connectivity index (χ4n) is 4.83. The van der Waals surface area contributed by atoms with Crippen molar-refractivity contribution < 1.29 is 13.9 Å². The number of hydrogen-bond donors (Lipinski definition) is 1. The van der Waals surface area contributed by atoms with Crippen LogP contribution in [-0.4, -0.2) is 47.9 Å². The maximum atomic E-state index is 15.4.